The molecule has 1 atom stereocenters. The van der Waals surface area contributed by atoms with Crippen molar-refractivity contribution in [3.05, 3.63) is 12.2 Å². The SMILES string of the molecule is COC1(C(N)Cc2ncnn2C(C)C)CCCC1. The molecule has 1 unspecified atom stereocenters. The summed E-state index contributed by atoms with van der Waals surface area (Å²) in [6, 6.07) is 0.309. The van der Waals surface area contributed by atoms with E-state index in [1.54, 1.807) is 13.4 Å². The van der Waals surface area contributed by atoms with Crippen molar-refractivity contribution >= 4 is 0 Å². The lowest BCUT2D eigenvalue weighted by atomic mass is 9.90. The van der Waals surface area contributed by atoms with Crippen LogP contribution in [0.15, 0.2) is 6.33 Å². The van der Waals surface area contributed by atoms with Crippen LogP contribution in [0.1, 0.15) is 51.4 Å². The third-order valence-electron chi connectivity index (χ3n) is 4.07. The predicted octanol–water partition coefficient (Wildman–Crippen LogP) is 1.69. The third kappa shape index (κ3) is 2.42. The Labute approximate surface area is 109 Å². The molecule has 0 bridgehead atoms. The molecule has 0 aromatic carbocycles. The van der Waals surface area contributed by atoms with Gasteiger partial charge in [-0.1, -0.05) is 12.8 Å². The molecule has 0 saturated heterocycles. The summed E-state index contributed by atoms with van der Waals surface area (Å²) in [4.78, 5) is 4.33. The van der Waals surface area contributed by atoms with E-state index in [0.717, 1.165) is 25.1 Å². The van der Waals surface area contributed by atoms with Crippen molar-refractivity contribution in [3.63, 3.8) is 0 Å². The number of aromatic nitrogens is 3. The van der Waals surface area contributed by atoms with Crippen LogP contribution in [-0.4, -0.2) is 33.5 Å². The van der Waals surface area contributed by atoms with E-state index in [1.165, 1.54) is 12.8 Å². The second-order valence-corrected chi connectivity index (χ2v) is 5.50. The van der Waals surface area contributed by atoms with Gasteiger partial charge >= 0.3 is 0 Å². The van der Waals surface area contributed by atoms with Gasteiger partial charge in [-0.05, 0) is 26.7 Å². The maximum atomic E-state index is 6.38. The highest BCUT2D eigenvalue weighted by molar-refractivity contribution is 5.01. The summed E-state index contributed by atoms with van der Waals surface area (Å²) in [6.45, 7) is 4.21. The van der Waals surface area contributed by atoms with E-state index in [0.29, 0.717) is 6.04 Å². The average molecular weight is 252 g/mol. The van der Waals surface area contributed by atoms with E-state index in [2.05, 4.69) is 23.9 Å². The Morgan fingerprint density at radius 2 is 2.11 bits per heavy atom. The Hall–Kier alpha value is -0.940. The molecule has 2 N–H and O–H groups in total. The molecule has 1 fully saturated rings. The number of methoxy groups -OCH3 is 1. The summed E-state index contributed by atoms with van der Waals surface area (Å²) < 4.78 is 7.67. The molecule has 102 valence electrons. The molecule has 1 heterocycles. The maximum Gasteiger partial charge on any atom is 0.138 e. The number of hydrogen-bond donors (Lipinski definition) is 1. The summed E-state index contributed by atoms with van der Waals surface area (Å²) in [5, 5.41) is 4.25. The first-order chi connectivity index (χ1) is 8.59. The molecule has 1 aromatic rings. The first kappa shape index (κ1) is 13.5. The first-order valence-electron chi connectivity index (χ1n) is 6.78. The van der Waals surface area contributed by atoms with Gasteiger partial charge in [0.05, 0.1) is 5.60 Å². The van der Waals surface area contributed by atoms with Gasteiger partial charge in [-0.15, -0.1) is 0 Å². The standard InChI is InChI=1S/C13H24N4O/c1-10(2)17-12(15-9-16-17)8-11(14)13(18-3)6-4-5-7-13/h9-11H,4-8,14H2,1-3H3. The molecular weight excluding hydrogens is 228 g/mol. The maximum absolute atomic E-state index is 6.38. The number of rotatable bonds is 5. The molecule has 1 aliphatic rings. The molecule has 1 saturated carbocycles. The van der Waals surface area contributed by atoms with E-state index in [9.17, 15) is 0 Å². The number of ether oxygens (including phenoxy) is 1. The molecule has 18 heavy (non-hydrogen) atoms. The van der Waals surface area contributed by atoms with Crippen molar-refractivity contribution in [2.75, 3.05) is 7.11 Å². The summed E-state index contributed by atoms with van der Waals surface area (Å²) in [5.74, 6) is 0.959. The van der Waals surface area contributed by atoms with E-state index < -0.39 is 0 Å². The topological polar surface area (TPSA) is 66.0 Å². The minimum Gasteiger partial charge on any atom is -0.377 e. The second kappa shape index (κ2) is 5.36. The summed E-state index contributed by atoms with van der Waals surface area (Å²) in [6.07, 6.45) is 6.86. The summed E-state index contributed by atoms with van der Waals surface area (Å²) in [7, 11) is 1.78. The van der Waals surface area contributed by atoms with Gasteiger partial charge in [0.15, 0.2) is 0 Å². The number of hydrogen-bond acceptors (Lipinski definition) is 4. The fraction of sp³-hybridized carbons (Fsp3) is 0.846. The fourth-order valence-corrected chi connectivity index (χ4v) is 2.93. The molecule has 0 aliphatic heterocycles. The van der Waals surface area contributed by atoms with Crippen LogP contribution in [0.2, 0.25) is 0 Å². The van der Waals surface area contributed by atoms with Crippen LogP contribution in [0, 0.1) is 0 Å². The zero-order valence-electron chi connectivity index (χ0n) is 11.6. The van der Waals surface area contributed by atoms with Gasteiger partial charge in [-0.25, -0.2) is 9.67 Å². The summed E-state index contributed by atoms with van der Waals surface area (Å²) >= 11 is 0. The lowest BCUT2D eigenvalue weighted by molar-refractivity contribution is -0.0260. The van der Waals surface area contributed by atoms with Crippen molar-refractivity contribution in [1.29, 1.82) is 0 Å². The van der Waals surface area contributed by atoms with Gasteiger partial charge in [0, 0.05) is 25.6 Å². The van der Waals surface area contributed by atoms with Crippen molar-refractivity contribution in [3.8, 4) is 0 Å². The zero-order chi connectivity index (χ0) is 13.2. The minimum absolute atomic E-state index is 0.00769. The smallest absolute Gasteiger partial charge is 0.138 e. The van der Waals surface area contributed by atoms with Gasteiger partial charge in [0.1, 0.15) is 12.2 Å². The van der Waals surface area contributed by atoms with Crippen LogP contribution < -0.4 is 5.73 Å². The van der Waals surface area contributed by atoms with Gasteiger partial charge in [-0.2, -0.15) is 5.10 Å². The van der Waals surface area contributed by atoms with Crippen LogP contribution in [-0.2, 0) is 11.2 Å². The molecule has 0 spiro atoms. The van der Waals surface area contributed by atoms with Gasteiger partial charge in [0.2, 0.25) is 0 Å². The van der Waals surface area contributed by atoms with Crippen LogP contribution in [0.3, 0.4) is 0 Å². The number of nitrogens with two attached hydrogens (primary N) is 1. The van der Waals surface area contributed by atoms with E-state index in [1.807, 2.05) is 4.68 Å². The van der Waals surface area contributed by atoms with Crippen LogP contribution in [0.5, 0.6) is 0 Å². The Morgan fingerprint density at radius 1 is 1.44 bits per heavy atom. The second-order valence-electron chi connectivity index (χ2n) is 5.50. The quantitative estimate of drug-likeness (QED) is 0.866. The van der Waals surface area contributed by atoms with E-state index in [-0.39, 0.29) is 11.6 Å². The van der Waals surface area contributed by atoms with Crippen molar-refractivity contribution in [2.24, 2.45) is 5.73 Å². The molecule has 5 nitrogen and oxygen atoms in total. The van der Waals surface area contributed by atoms with Gasteiger partial charge in [-0.3, -0.25) is 0 Å². The van der Waals surface area contributed by atoms with Gasteiger partial charge in [0.25, 0.3) is 0 Å². The highest BCUT2D eigenvalue weighted by Crippen LogP contribution is 2.35. The lowest BCUT2D eigenvalue weighted by Crippen LogP contribution is -2.49. The zero-order valence-corrected chi connectivity index (χ0v) is 11.6. The summed E-state index contributed by atoms with van der Waals surface area (Å²) in [5.41, 5.74) is 6.22. The van der Waals surface area contributed by atoms with Crippen molar-refractivity contribution in [2.45, 2.75) is 63.6 Å². The lowest BCUT2D eigenvalue weighted by Gasteiger charge is -2.33. The Bertz CT molecular complexity index is 382. The molecule has 0 radical (unpaired) electrons. The molecule has 1 aliphatic carbocycles. The monoisotopic (exact) mass is 252 g/mol. The Morgan fingerprint density at radius 3 is 2.67 bits per heavy atom. The first-order valence-corrected chi connectivity index (χ1v) is 6.78. The highest BCUT2D eigenvalue weighted by Gasteiger charge is 2.40. The molecular formula is C13H24N4O. The molecule has 1 aromatic heterocycles. The normalized spacial score (nSPS) is 20.5. The molecule has 0 amide bonds. The van der Waals surface area contributed by atoms with Crippen LogP contribution in [0.25, 0.3) is 0 Å². The van der Waals surface area contributed by atoms with E-state index >= 15 is 0 Å². The van der Waals surface area contributed by atoms with Gasteiger partial charge < -0.3 is 10.5 Å². The third-order valence-corrected chi connectivity index (χ3v) is 4.07. The van der Waals surface area contributed by atoms with Crippen LogP contribution >= 0.6 is 0 Å². The average Bonchev–Trinajstić information content (AvgIpc) is 2.97. The van der Waals surface area contributed by atoms with Crippen molar-refractivity contribution in [1.82, 2.24) is 14.8 Å². The van der Waals surface area contributed by atoms with Crippen LogP contribution in [0.4, 0.5) is 0 Å². The molecule has 5 heteroatoms. The Balaban J connectivity index is 2.10. The van der Waals surface area contributed by atoms with E-state index in [4.69, 9.17) is 10.5 Å². The fourth-order valence-electron chi connectivity index (χ4n) is 2.93. The largest absolute Gasteiger partial charge is 0.377 e. The van der Waals surface area contributed by atoms with Crippen molar-refractivity contribution < 1.29 is 4.74 Å². The molecule has 2 rings (SSSR count). The minimum atomic E-state index is -0.159. The highest BCUT2D eigenvalue weighted by atomic mass is 16.5. The Kier molecular flexibility index (Phi) is 4.02. The number of nitrogens with zero attached hydrogens (tertiary/aromatic N) is 3. The predicted molar refractivity (Wildman–Crippen MR) is 70.3 cm³/mol.